The van der Waals surface area contributed by atoms with Crippen molar-refractivity contribution < 1.29 is 19.4 Å². The lowest BCUT2D eigenvalue weighted by Crippen LogP contribution is -2.35. The summed E-state index contributed by atoms with van der Waals surface area (Å²) >= 11 is 0. The van der Waals surface area contributed by atoms with Gasteiger partial charge in [0.25, 0.3) is 0 Å². The van der Waals surface area contributed by atoms with E-state index in [0.29, 0.717) is 18.1 Å². The minimum absolute atomic E-state index is 0.0936. The highest BCUT2D eigenvalue weighted by Gasteiger charge is 2.35. The minimum Gasteiger partial charge on any atom is -0.492 e. The van der Waals surface area contributed by atoms with E-state index in [9.17, 15) is 5.21 Å². The number of oxime groups is 1. The first-order valence-corrected chi connectivity index (χ1v) is 9.68. The third-order valence-electron chi connectivity index (χ3n) is 6.19. The van der Waals surface area contributed by atoms with Gasteiger partial charge in [-0.1, -0.05) is 16.8 Å². The highest BCUT2D eigenvalue weighted by molar-refractivity contribution is 5.87. The number of ether oxygens (including phenoxy) is 3. The summed E-state index contributed by atoms with van der Waals surface area (Å²) in [5, 5.41) is 13.5. The Bertz CT molecular complexity index is 787. The Morgan fingerprint density at radius 2 is 2.22 bits per heavy atom. The molecule has 2 heterocycles. The van der Waals surface area contributed by atoms with Crippen molar-refractivity contribution in [2.24, 2.45) is 11.1 Å². The maximum atomic E-state index is 9.76. The Labute approximate surface area is 160 Å². The van der Waals surface area contributed by atoms with E-state index in [0.717, 1.165) is 55.0 Å². The molecule has 0 fully saturated rings. The molecular weight excluding hydrogens is 344 g/mol. The van der Waals surface area contributed by atoms with Gasteiger partial charge in [-0.05, 0) is 51.3 Å². The second-order valence-electron chi connectivity index (χ2n) is 7.78. The molecule has 6 heteroatoms. The van der Waals surface area contributed by atoms with Gasteiger partial charge in [-0.2, -0.15) is 0 Å². The molecule has 1 N–H and O–H groups in total. The van der Waals surface area contributed by atoms with Crippen LogP contribution < -0.4 is 14.2 Å². The molecule has 1 aromatic carbocycles. The molecule has 0 spiro atoms. The molecule has 2 atom stereocenters. The monoisotopic (exact) mass is 372 g/mol. The number of fused-ring (bicyclic) bond motifs is 2. The summed E-state index contributed by atoms with van der Waals surface area (Å²) in [4.78, 5) is 2.32. The lowest BCUT2D eigenvalue weighted by atomic mass is 9.81. The summed E-state index contributed by atoms with van der Waals surface area (Å²) in [7, 11) is 3.80. The van der Waals surface area contributed by atoms with Crippen LogP contribution in [0, 0.1) is 5.92 Å². The van der Waals surface area contributed by atoms with Crippen LogP contribution in [-0.4, -0.2) is 43.3 Å². The van der Waals surface area contributed by atoms with E-state index in [-0.39, 0.29) is 12.8 Å². The predicted octanol–water partition coefficient (Wildman–Crippen LogP) is 3.92. The molecule has 27 heavy (non-hydrogen) atoms. The van der Waals surface area contributed by atoms with Crippen molar-refractivity contribution in [3.8, 4) is 17.2 Å². The van der Waals surface area contributed by atoms with Crippen LogP contribution in [0.4, 0.5) is 0 Å². The van der Waals surface area contributed by atoms with E-state index in [1.165, 1.54) is 11.1 Å². The van der Waals surface area contributed by atoms with E-state index in [1.807, 2.05) is 0 Å². The van der Waals surface area contributed by atoms with Gasteiger partial charge in [0.1, 0.15) is 0 Å². The number of nitrogens with zero attached hydrogens (tertiary/aromatic N) is 2. The Morgan fingerprint density at radius 3 is 2.93 bits per heavy atom. The van der Waals surface area contributed by atoms with Crippen molar-refractivity contribution in [1.29, 1.82) is 0 Å². The average molecular weight is 372 g/mol. The summed E-state index contributed by atoms with van der Waals surface area (Å²) < 4.78 is 17.0. The first-order chi connectivity index (χ1) is 13.1. The molecule has 2 aliphatic heterocycles. The first kappa shape index (κ1) is 18.2. The first-order valence-electron chi connectivity index (χ1n) is 9.68. The number of methoxy groups -OCH3 is 1. The van der Waals surface area contributed by atoms with Crippen molar-refractivity contribution in [3.05, 3.63) is 28.8 Å². The number of hydrogen-bond acceptors (Lipinski definition) is 6. The molecule has 1 aromatic rings. The third-order valence-corrected chi connectivity index (χ3v) is 6.19. The Balaban J connectivity index is 1.68. The Kier molecular flexibility index (Phi) is 5.00. The quantitative estimate of drug-likeness (QED) is 0.376. The molecule has 1 aliphatic carbocycles. The van der Waals surface area contributed by atoms with Gasteiger partial charge in [0, 0.05) is 30.5 Å². The fraction of sp³-hybridized carbons (Fsp3) is 0.571. The Morgan fingerprint density at radius 1 is 1.37 bits per heavy atom. The van der Waals surface area contributed by atoms with Crippen LogP contribution in [0.25, 0.3) is 0 Å². The van der Waals surface area contributed by atoms with Gasteiger partial charge in [-0.15, -0.1) is 0 Å². The van der Waals surface area contributed by atoms with Crippen LogP contribution in [0.5, 0.6) is 17.2 Å². The SMILES string of the molecule is COc1c2c(cc3c1[C@@H](C/C(=N\O)[C@H]1CC=C(C)CC1)N(C)CC3)OCO2. The number of likely N-dealkylation sites (N-methyl/N-ethyl adjacent to an activating group) is 1. The van der Waals surface area contributed by atoms with Crippen molar-refractivity contribution in [1.82, 2.24) is 4.90 Å². The number of rotatable bonds is 4. The number of benzene rings is 1. The molecule has 0 saturated carbocycles. The van der Waals surface area contributed by atoms with Gasteiger partial charge in [-0.3, -0.25) is 4.90 Å². The summed E-state index contributed by atoms with van der Waals surface area (Å²) in [6.07, 6.45) is 6.97. The minimum atomic E-state index is 0.0936. The summed E-state index contributed by atoms with van der Waals surface area (Å²) in [5.41, 5.74) is 4.68. The van der Waals surface area contributed by atoms with E-state index in [4.69, 9.17) is 14.2 Å². The fourth-order valence-electron chi connectivity index (χ4n) is 4.54. The summed E-state index contributed by atoms with van der Waals surface area (Å²) in [5.74, 6) is 2.51. The maximum Gasteiger partial charge on any atom is 0.231 e. The van der Waals surface area contributed by atoms with Gasteiger partial charge in [0.15, 0.2) is 11.5 Å². The van der Waals surface area contributed by atoms with Crippen LogP contribution in [0.2, 0.25) is 0 Å². The molecular formula is C21H28N2O4. The van der Waals surface area contributed by atoms with Crippen LogP contribution in [0.1, 0.15) is 49.8 Å². The molecule has 4 rings (SSSR count). The van der Waals surface area contributed by atoms with Crippen molar-refractivity contribution >= 4 is 5.71 Å². The largest absolute Gasteiger partial charge is 0.492 e. The molecule has 146 valence electrons. The molecule has 0 amide bonds. The van der Waals surface area contributed by atoms with Gasteiger partial charge in [0.2, 0.25) is 12.5 Å². The van der Waals surface area contributed by atoms with E-state index in [1.54, 1.807) is 7.11 Å². The second kappa shape index (κ2) is 7.43. The highest BCUT2D eigenvalue weighted by atomic mass is 16.7. The number of allylic oxidation sites excluding steroid dienone is 2. The van der Waals surface area contributed by atoms with Gasteiger partial charge in [0.05, 0.1) is 12.8 Å². The normalized spacial score (nSPS) is 25.1. The zero-order chi connectivity index (χ0) is 19.0. The van der Waals surface area contributed by atoms with E-state index >= 15 is 0 Å². The van der Waals surface area contributed by atoms with Crippen LogP contribution in [0.3, 0.4) is 0 Å². The van der Waals surface area contributed by atoms with Crippen molar-refractivity contribution in [3.63, 3.8) is 0 Å². The Hall–Kier alpha value is -2.21. The third kappa shape index (κ3) is 3.27. The zero-order valence-electron chi connectivity index (χ0n) is 16.3. The topological polar surface area (TPSA) is 63.5 Å². The molecule has 0 aromatic heterocycles. The van der Waals surface area contributed by atoms with Crippen LogP contribution in [-0.2, 0) is 6.42 Å². The van der Waals surface area contributed by atoms with Crippen molar-refractivity contribution in [2.75, 3.05) is 27.5 Å². The van der Waals surface area contributed by atoms with E-state index < -0.39 is 0 Å². The van der Waals surface area contributed by atoms with Gasteiger partial charge < -0.3 is 19.4 Å². The molecule has 6 nitrogen and oxygen atoms in total. The van der Waals surface area contributed by atoms with E-state index in [2.05, 4.69) is 36.2 Å². The molecule has 0 unspecified atom stereocenters. The lowest BCUT2D eigenvalue weighted by molar-refractivity contribution is 0.170. The maximum absolute atomic E-state index is 9.76. The second-order valence-corrected chi connectivity index (χ2v) is 7.78. The summed E-state index contributed by atoms with van der Waals surface area (Å²) in [6.45, 7) is 3.35. The molecule has 0 bridgehead atoms. The molecule has 0 radical (unpaired) electrons. The van der Waals surface area contributed by atoms with Crippen molar-refractivity contribution in [2.45, 2.75) is 45.1 Å². The highest BCUT2D eigenvalue weighted by Crippen LogP contribution is 2.50. The van der Waals surface area contributed by atoms with Crippen LogP contribution in [0.15, 0.2) is 22.9 Å². The standard InChI is InChI=1S/C21H28N2O4/c1-13-4-6-14(7-5-13)16(22-24)11-17-19-15(8-9-23(17)2)10-18-20(21(19)25-3)27-12-26-18/h4,10,14,17,24H,5-9,11-12H2,1-3H3/b22-16+/t14-,17+/m0/s1. The fourth-order valence-corrected chi connectivity index (χ4v) is 4.54. The smallest absolute Gasteiger partial charge is 0.231 e. The predicted molar refractivity (Wildman–Crippen MR) is 103 cm³/mol. The molecule has 0 saturated heterocycles. The lowest BCUT2D eigenvalue weighted by Gasteiger charge is -2.37. The zero-order valence-corrected chi connectivity index (χ0v) is 16.3. The number of hydrogen-bond donors (Lipinski definition) is 1. The van der Waals surface area contributed by atoms with Crippen LogP contribution >= 0.6 is 0 Å². The average Bonchev–Trinajstić information content (AvgIpc) is 3.15. The molecule has 3 aliphatic rings. The summed E-state index contributed by atoms with van der Waals surface area (Å²) in [6, 6.07) is 2.18. The van der Waals surface area contributed by atoms with Gasteiger partial charge in [-0.25, -0.2) is 0 Å². The van der Waals surface area contributed by atoms with Gasteiger partial charge >= 0.3 is 0 Å².